The van der Waals surface area contributed by atoms with Crippen molar-refractivity contribution in [1.82, 2.24) is 4.90 Å². The normalized spacial score (nSPS) is 21.7. The molecule has 0 aliphatic carbocycles. The maximum Gasteiger partial charge on any atom is 0.227 e. The number of nitrogens with zero attached hydrogens (tertiary/aromatic N) is 1. The Morgan fingerprint density at radius 1 is 1.12 bits per heavy atom. The Kier molecular flexibility index (Phi) is 4.51. The van der Waals surface area contributed by atoms with Crippen LogP contribution in [0.2, 0.25) is 0 Å². The summed E-state index contributed by atoms with van der Waals surface area (Å²) in [6.45, 7) is 1.83. The van der Waals surface area contributed by atoms with Crippen LogP contribution in [-0.2, 0) is 11.2 Å². The quantitative estimate of drug-likeness (QED) is 0.915. The van der Waals surface area contributed by atoms with Gasteiger partial charge in [0.15, 0.2) is 11.5 Å². The van der Waals surface area contributed by atoms with Gasteiger partial charge >= 0.3 is 0 Å². The monoisotopic (exact) mass is 356 g/mol. The number of nitrogens with two attached hydrogens (primary N) is 1. The Hall–Kier alpha value is -2.60. The van der Waals surface area contributed by atoms with Crippen LogP contribution >= 0.6 is 0 Å². The van der Waals surface area contributed by atoms with Crippen LogP contribution in [0.1, 0.15) is 17.0 Å². The Balaban J connectivity index is 1.49. The average Bonchev–Trinajstić information content (AvgIpc) is 3.04. The minimum absolute atomic E-state index is 0.0399. The van der Waals surface area contributed by atoms with E-state index in [-0.39, 0.29) is 30.1 Å². The largest absolute Gasteiger partial charge is 0.486 e. The van der Waals surface area contributed by atoms with Crippen LogP contribution in [0.3, 0.4) is 0 Å². The number of hydrogen-bond acceptors (Lipinski definition) is 4. The van der Waals surface area contributed by atoms with E-state index < -0.39 is 0 Å². The topological polar surface area (TPSA) is 64.8 Å². The average molecular weight is 356 g/mol. The van der Waals surface area contributed by atoms with E-state index >= 15 is 0 Å². The minimum Gasteiger partial charge on any atom is -0.486 e. The van der Waals surface area contributed by atoms with E-state index in [1.54, 1.807) is 23.1 Å². The molecule has 0 spiro atoms. The minimum atomic E-state index is -0.278. The Bertz CT molecular complexity index is 826. The Morgan fingerprint density at radius 3 is 2.77 bits per heavy atom. The molecule has 136 valence electrons. The van der Waals surface area contributed by atoms with Gasteiger partial charge in [-0.05, 0) is 17.7 Å². The lowest BCUT2D eigenvalue weighted by atomic mass is 9.94. The number of amides is 1. The third-order valence-corrected chi connectivity index (χ3v) is 5.01. The van der Waals surface area contributed by atoms with Crippen molar-refractivity contribution in [3.8, 4) is 11.5 Å². The van der Waals surface area contributed by atoms with Crippen LogP contribution in [0.4, 0.5) is 4.39 Å². The molecule has 2 aromatic carbocycles. The van der Waals surface area contributed by atoms with E-state index in [1.165, 1.54) is 6.07 Å². The molecular weight excluding hydrogens is 335 g/mol. The van der Waals surface area contributed by atoms with Gasteiger partial charge in [0, 0.05) is 30.6 Å². The number of rotatable bonds is 3. The van der Waals surface area contributed by atoms with E-state index in [4.69, 9.17) is 15.2 Å². The van der Waals surface area contributed by atoms with Gasteiger partial charge in [0.2, 0.25) is 5.91 Å². The zero-order valence-corrected chi connectivity index (χ0v) is 14.4. The van der Waals surface area contributed by atoms with Gasteiger partial charge in [-0.1, -0.05) is 30.3 Å². The van der Waals surface area contributed by atoms with Crippen LogP contribution in [-0.4, -0.2) is 43.2 Å². The van der Waals surface area contributed by atoms with E-state index in [1.807, 2.05) is 18.2 Å². The van der Waals surface area contributed by atoms with Crippen molar-refractivity contribution >= 4 is 5.91 Å². The molecule has 2 atom stereocenters. The fourth-order valence-electron chi connectivity index (χ4n) is 3.69. The Morgan fingerprint density at radius 2 is 1.92 bits per heavy atom. The summed E-state index contributed by atoms with van der Waals surface area (Å²) >= 11 is 0. The van der Waals surface area contributed by atoms with Gasteiger partial charge < -0.3 is 20.1 Å². The molecule has 0 aromatic heterocycles. The summed E-state index contributed by atoms with van der Waals surface area (Å²) in [5.41, 5.74) is 7.58. The van der Waals surface area contributed by atoms with Gasteiger partial charge in [0.1, 0.15) is 19.0 Å². The highest BCUT2D eigenvalue weighted by Gasteiger charge is 2.35. The van der Waals surface area contributed by atoms with Crippen LogP contribution < -0.4 is 15.2 Å². The molecular formula is C20H21FN2O3. The first-order valence-corrected chi connectivity index (χ1v) is 8.79. The number of halogens is 1. The standard InChI is InChI=1S/C20H21FN2O3/c21-16-6-2-1-5-14(16)15-11-23(12-17(15)22)19(24)10-13-4-3-7-18-20(13)26-9-8-25-18/h1-7,15,17H,8-12,22H2/t15-,17+/m0/s1. The molecule has 5 nitrogen and oxygen atoms in total. The molecule has 2 aliphatic rings. The van der Waals surface area contributed by atoms with E-state index in [2.05, 4.69) is 0 Å². The Labute approximate surface area is 151 Å². The maximum atomic E-state index is 14.1. The summed E-state index contributed by atoms with van der Waals surface area (Å²) in [5, 5.41) is 0. The molecule has 0 saturated carbocycles. The smallest absolute Gasteiger partial charge is 0.227 e. The summed E-state index contributed by atoms with van der Waals surface area (Å²) in [6.07, 6.45) is 0.212. The second-order valence-electron chi connectivity index (χ2n) is 6.71. The molecule has 2 aliphatic heterocycles. The fourth-order valence-corrected chi connectivity index (χ4v) is 3.69. The molecule has 2 N–H and O–H groups in total. The highest BCUT2D eigenvalue weighted by molar-refractivity contribution is 5.80. The van der Waals surface area contributed by atoms with Crippen molar-refractivity contribution in [2.24, 2.45) is 5.73 Å². The SMILES string of the molecule is N[C@@H]1CN(C(=O)Cc2cccc3c2OCCO3)C[C@H]1c1ccccc1F. The van der Waals surface area contributed by atoms with Crippen molar-refractivity contribution in [2.45, 2.75) is 18.4 Å². The number of carbonyl (C=O) groups excluding carboxylic acids is 1. The van der Waals surface area contributed by atoms with Crippen LogP contribution in [0.15, 0.2) is 42.5 Å². The van der Waals surface area contributed by atoms with Crippen LogP contribution in [0.25, 0.3) is 0 Å². The number of para-hydroxylation sites is 1. The van der Waals surface area contributed by atoms with Gasteiger partial charge in [0.25, 0.3) is 0 Å². The number of benzene rings is 2. The summed E-state index contributed by atoms with van der Waals surface area (Å²) < 4.78 is 25.3. The van der Waals surface area contributed by atoms with Crippen molar-refractivity contribution in [3.63, 3.8) is 0 Å². The lowest BCUT2D eigenvalue weighted by Crippen LogP contribution is -2.33. The summed E-state index contributed by atoms with van der Waals surface area (Å²) in [7, 11) is 0. The number of ether oxygens (including phenoxy) is 2. The second kappa shape index (κ2) is 6.96. The predicted octanol–water partition coefficient (Wildman–Crippen LogP) is 2.09. The molecule has 0 bridgehead atoms. The molecule has 2 aromatic rings. The fraction of sp³-hybridized carbons (Fsp3) is 0.350. The highest BCUT2D eigenvalue weighted by atomic mass is 19.1. The number of hydrogen-bond donors (Lipinski definition) is 1. The second-order valence-corrected chi connectivity index (χ2v) is 6.71. The first kappa shape index (κ1) is 16.8. The van der Waals surface area contributed by atoms with Gasteiger partial charge in [-0.3, -0.25) is 4.79 Å². The van der Waals surface area contributed by atoms with E-state index in [0.29, 0.717) is 43.4 Å². The number of carbonyl (C=O) groups is 1. The molecule has 2 heterocycles. The molecule has 1 saturated heterocycles. The molecule has 4 rings (SSSR count). The molecule has 26 heavy (non-hydrogen) atoms. The summed E-state index contributed by atoms with van der Waals surface area (Å²) in [4.78, 5) is 14.5. The van der Waals surface area contributed by atoms with Crippen LogP contribution in [0, 0.1) is 5.82 Å². The third kappa shape index (κ3) is 3.12. The number of fused-ring (bicyclic) bond motifs is 1. The zero-order valence-electron chi connectivity index (χ0n) is 14.4. The van der Waals surface area contributed by atoms with Gasteiger partial charge in [0.05, 0.1) is 6.42 Å². The lowest BCUT2D eigenvalue weighted by Gasteiger charge is -2.22. The number of likely N-dealkylation sites (tertiary alicyclic amines) is 1. The molecule has 1 fully saturated rings. The lowest BCUT2D eigenvalue weighted by molar-refractivity contribution is -0.129. The van der Waals surface area contributed by atoms with Gasteiger partial charge in [-0.15, -0.1) is 0 Å². The molecule has 1 amide bonds. The third-order valence-electron chi connectivity index (χ3n) is 5.01. The van der Waals surface area contributed by atoms with Crippen molar-refractivity contribution < 1.29 is 18.7 Å². The first-order valence-electron chi connectivity index (χ1n) is 8.79. The van der Waals surface area contributed by atoms with Gasteiger partial charge in [-0.25, -0.2) is 4.39 Å². The summed E-state index contributed by atoms with van der Waals surface area (Å²) in [5.74, 6) is 0.807. The van der Waals surface area contributed by atoms with E-state index in [9.17, 15) is 9.18 Å². The predicted molar refractivity (Wildman–Crippen MR) is 94.8 cm³/mol. The molecule has 6 heteroatoms. The molecule has 0 unspecified atom stereocenters. The molecule has 0 radical (unpaired) electrons. The highest BCUT2D eigenvalue weighted by Crippen LogP contribution is 2.35. The van der Waals surface area contributed by atoms with Crippen molar-refractivity contribution in [2.75, 3.05) is 26.3 Å². The van der Waals surface area contributed by atoms with Crippen LogP contribution in [0.5, 0.6) is 11.5 Å². The van der Waals surface area contributed by atoms with Gasteiger partial charge in [-0.2, -0.15) is 0 Å². The summed E-state index contributed by atoms with van der Waals surface area (Å²) in [6, 6.07) is 11.9. The van der Waals surface area contributed by atoms with Crippen molar-refractivity contribution in [3.05, 3.63) is 59.4 Å². The zero-order chi connectivity index (χ0) is 18.1. The van der Waals surface area contributed by atoms with E-state index in [0.717, 1.165) is 5.56 Å². The van der Waals surface area contributed by atoms with Crippen molar-refractivity contribution in [1.29, 1.82) is 0 Å². The maximum absolute atomic E-state index is 14.1. The first-order chi connectivity index (χ1) is 12.6.